The first kappa shape index (κ1) is 12.6. The average Bonchev–Trinajstić information content (AvgIpc) is 2.49. The molecule has 3 rings (SSSR count). The molecule has 0 aliphatic rings. The molecule has 0 aliphatic carbocycles. The van der Waals surface area contributed by atoms with Crippen molar-refractivity contribution in [2.75, 3.05) is 5.43 Å². The first-order chi connectivity index (χ1) is 9.81. The summed E-state index contributed by atoms with van der Waals surface area (Å²) in [5.41, 5.74) is 6.19. The van der Waals surface area contributed by atoms with Crippen LogP contribution in [0.2, 0.25) is 5.02 Å². The molecule has 0 spiro atoms. The van der Waals surface area contributed by atoms with Gasteiger partial charge >= 0.3 is 0 Å². The molecule has 5 heteroatoms. The Hall–Kier alpha value is -2.46. The minimum atomic E-state index is 0.694. The van der Waals surface area contributed by atoms with Crippen LogP contribution in [-0.4, -0.2) is 16.2 Å². The highest BCUT2D eigenvalue weighted by molar-refractivity contribution is 6.30. The van der Waals surface area contributed by atoms with E-state index < -0.39 is 0 Å². The largest absolute Gasteiger partial charge is 0.278 e. The van der Waals surface area contributed by atoms with Crippen molar-refractivity contribution < 1.29 is 0 Å². The lowest BCUT2D eigenvalue weighted by Gasteiger charge is -2.00. The lowest BCUT2D eigenvalue weighted by atomic mass is 10.3. The molecule has 1 N–H and O–H groups in total. The molecule has 4 nitrogen and oxygen atoms in total. The summed E-state index contributed by atoms with van der Waals surface area (Å²) in [6, 6.07) is 15.0. The lowest BCUT2D eigenvalue weighted by Crippen LogP contribution is -1.94. The summed E-state index contributed by atoms with van der Waals surface area (Å²) >= 11 is 5.81. The van der Waals surface area contributed by atoms with Gasteiger partial charge in [0.2, 0.25) is 0 Å². The van der Waals surface area contributed by atoms with Gasteiger partial charge in [-0.1, -0.05) is 23.7 Å². The normalized spacial score (nSPS) is 11.1. The zero-order valence-electron chi connectivity index (χ0n) is 10.5. The quantitative estimate of drug-likeness (QED) is 0.588. The van der Waals surface area contributed by atoms with E-state index in [0.29, 0.717) is 10.7 Å². The maximum Gasteiger partial charge on any atom is 0.102 e. The summed E-state index contributed by atoms with van der Waals surface area (Å²) in [6.45, 7) is 0. The van der Waals surface area contributed by atoms with Gasteiger partial charge in [-0.05, 0) is 36.4 Å². The molecule has 0 saturated heterocycles. The first-order valence-electron chi connectivity index (χ1n) is 6.08. The van der Waals surface area contributed by atoms with Crippen molar-refractivity contribution in [3.05, 3.63) is 65.4 Å². The SMILES string of the molecule is Clc1ccc(N/N=C/c2cnc3ccccc3n2)cc1. The molecule has 2 aromatic carbocycles. The van der Waals surface area contributed by atoms with Gasteiger partial charge in [0.05, 0.1) is 29.1 Å². The van der Waals surface area contributed by atoms with Gasteiger partial charge in [0.15, 0.2) is 0 Å². The van der Waals surface area contributed by atoms with Crippen molar-refractivity contribution >= 4 is 34.5 Å². The van der Waals surface area contributed by atoms with Crippen LogP contribution >= 0.6 is 11.6 Å². The predicted molar refractivity (Wildman–Crippen MR) is 82.2 cm³/mol. The molecule has 0 fully saturated rings. The van der Waals surface area contributed by atoms with E-state index in [2.05, 4.69) is 20.5 Å². The summed E-state index contributed by atoms with van der Waals surface area (Å²) in [5.74, 6) is 0. The average molecular weight is 283 g/mol. The van der Waals surface area contributed by atoms with Crippen molar-refractivity contribution in [2.45, 2.75) is 0 Å². The molecule has 0 unspecified atom stereocenters. The molecule has 1 aromatic heterocycles. The highest BCUT2D eigenvalue weighted by atomic mass is 35.5. The van der Waals surface area contributed by atoms with Gasteiger partial charge in [-0.15, -0.1) is 0 Å². The number of hydrazone groups is 1. The second-order valence-electron chi connectivity index (χ2n) is 4.16. The van der Waals surface area contributed by atoms with Crippen LogP contribution in [0.1, 0.15) is 5.69 Å². The van der Waals surface area contributed by atoms with Crippen LogP contribution in [-0.2, 0) is 0 Å². The van der Waals surface area contributed by atoms with E-state index in [9.17, 15) is 0 Å². The molecular formula is C15H11ClN4. The molecule has 0 amide bonds. The fraction of sp³-hybridized carbons (Fsp3) is 0. The van der Waals surface area contributed by atoms with E-state index >= 15 is 0 Å². The standard InChI is InChI=1S/C15H11ClN4/c16-11-5-7-12(8-6-11)20-18-10-13-9-17-14-3-1-2-4-15(14)19-13/h1-10,20H/b18-10+. The summed E-state index contributed by atoms with van der Waals surface area (Å²) in [7, 11) is 0. The number of anilines is 1. The highest BCUT2D eigenvalue weighted by Gasteiger charge is 1.96. The van der Waals surface area contributed by atoms with Crippen molar-refractivity contribution in [3.8, 4) is 0 Å². The summed E-state index contributed by atoms with van der Waals surface area (Å²) < 4.78 is 0. The summed E-state index contributed by atoms with van der Waals surface area (Å²) in [4.78, 5) is 8.77. The van der Waals surface area contributed by atoms with Gasteiger partial charge in [-0.25, -0.2) is 4.98 Å². The second-order valence-corrected chi connectivity index (χ2v) is 4.60. The number of fused-ring (bicyclic) bond motifs is 1. The number of hydrogen-bond donors (Lipinski definition) is 1. The zero-order chi connectivity index (χ0) is 13.8. The number of nitrogens with one attached hydrogen (secondary N) is 1. The number of nitrogens with zero attached hydrogens (tertiary/aromatic N) is 3. The monoisotopic (exact) mass is 282 g/mol. The third kappa shape index (κ3) is 2.92. The molecular weight excluding hydrogens is 272 g/mol. The number of rotatable bonds is 3. The zero-order valence-corrected chi connectivity index (χ0v) is 11.2. The van der Waals surface area contributed by atoms with Crippen LogP contribution in [0.3, 0.4) is 0 Å². The Balaban J connectivity index is 1.75. The fourth-order valence-corrected chi connectivity index (χ4v) is 1.86. The van der Waals surface area contributed by atoms with E-state index in [-0.39, 0.29) is 0 Å². The number of para-hydroxylation sites is 2. The number of halogens is 1. The molecule has 98 valence electrons. The van der Waals surface area contributed by atoms with Gasteiger partial charge in [0.1, 0.15) is 5.69 Å². The Kier molecular flexibility index (Phi) is 3.56. The maximum atomic E-state index is 5.81. The van der Waals surface area contributed by atoms with Crippen LogP contribution in [0, 0.1) is 0 Å². The molecule has 20 heavy (non-hydrogen) atoms. The van der Waals surface area contributed by atoms with Crippen molar-refractivity contribution in [1.29, 1.82) is 0 Å². The van der Waals surface area contributed by atoms with E-state index in [1.165, 1.54) is 0 Å². The molecule has 0 atom stereocenters. The van der Waals surface area contributed by atoms with Gasteiger partial charge in [0.25, 0.3) is 0 Å². The minimum Gasteiger partial charge on any atom is -0.278 e. The van der Waals surface area contributed by atoms with E-state index in [1.807, 2.05) is 36.4 Å². The highest BCUT2D eigenvalue weighted by Crippen LogP contribution is 2.13. The van der Waals surface area contributed by atoms with E-state index in [4.69, 9.17) is 11.6 Å². The van der Waals surface area contributed by atoms with Crippen LogP contribution in [0.25, 0.3) is 11.0 Å². The Bertz CT molecular complexity index is 753. The molecule has 1 heterocycles. The Morgan fingerprint density at radius 3 is 2.55 bits per heavy atom. The van der Waals surface area contributed by atoms with Gasteiger partial charge in [-0.2, -0.15) is 5.10 Å². The molecule has 0 bridgehead atoms. The first-order valence-corrected chi connectivity index (χ1v) is 6.45. The van der Waals surface area contributed by atoms with Crippen LogP contribution in [0.4, 0.5) is 5.69 Å². The number of aromatic nitrogens is 2. The molecule has 0 aliphatic heterocycles. The third-order valence-corrected chi connectivity index (χ3v) is 2.95. The Morgan fingerprint density at radius 1 is 1.00 bits per heavy atom. The minimum absolute atomic E-state index is 0.694. The lowest BCUT2D eigenvalue weighted by molar-refractivity contribution is 1.26. The smallest absolute Gasteiger partial charge is 0.102 e. The third-order valence-electron chi connectivity index (χ3n) is 2.70. The maximum absolute atomic E-state index is 5.81. The van der Waals surface area contributed by atoms with Gasteiger partial charge in [-0.3, -0.25) is 10.4 Å². The van der Waals surface area contributed by atoms with Crippen molar-refractivity contribution in [2.24, 2.45) is 5.10 Å². The van der Waals surface area contributed by atoms with Crippen molar-refractivity contribution in [1.82, 2.24) is 9.97 Å². The van der Waals surface area contributed by atoms with Crippen molar-refractivity contribution in [3.63, 3.8) is 0 Å². The van der Waals surface area contributed by atoms with E-state index in [1.54, 1.807) is 24.5 Å². The molecule has 0 saturated carbocycles. The van der Waals surface area contributed by atoms with Crippen LogP contribution < -0.4 is 5.43 Å². The summed E-state index contributed by atoms with van der Waals surface area (Å²) in [5, 5.41) is 4.82. The predicted octanol–water partition coefficient (Wildman–Crippen LogP) is 3.73. The second kappa shape index (κ2) is 5.67. The fourth-order valence-electron chi connectivity index (χ4n) is 1.73. The Morgan fingerprint density at radius 2 is 1.75 bits per heavy atom. The number of benzene rings is 2. The van der Waals surface area contributed by atoms with Crippen LogP contribution in [0.15, 0.2) is 59.8 Å². The molecule has 0 radical (unpaired) electrons. The number of hydrogen-bond acceptors (Lipinski definition) is 4. The topological polar surface area (TPSA) is 50.2 Å². The van der Waals surface area contributed by atoms with Gasteiger partial charge in [0, 0.05) is 5.02 Å². The summed E-state index contributed by atoms with van der Waals surface area (Å²) in [6.07, 6.45) is 3.32. The van der Waals surface area contributed by atoms with E-state index in [0.717, 1.165) is 16.7 Å². The molecule has 3 aromatic rings. The Labute approximate surface area is 121 Å². The van der Waals surface area contributed by atoms with Gasteiger partial charge < -0.3 is 0 Å². The van der Waals surface area contributed by atoms with Crippen LogP contribution in [0.5, 0.6) is 0 Å².